The summed E-state index contributed by atoms with van der Waals surface area (Å²) in [5.41, 5.74) is 1.72. The van der Waals surface area contributed by atoms with Gasteiger partial charge in [-0.2, -0.15) is 0 Å². The highest BCUT2D eigenvalue weighted by Gasteiger charge is 2.28. The summed E-state index contributed by atoms with van der Waals surface area (Å²) in [5.74, 6) is 1.18. The van der Waals surface area contributed by atoms with Crippen LogP contribution < -0.4 is 9.80 Å². The number of aromatic nitrogens is 2. The highest BCUT2D eigenvalue weighted by molar-refractivity contribution is 7.10. The van der Waals surface area contributed by atoms with E-state index in [1.165, 1.54) is 0 Å². The fraction of sp³-hybridized carbons (Fsp3) is 0.448. The van der Waals surface area contributed by atoms with Crippen molar-refractivity contribution in [2.75, 3.05) is 43.5 Å². The lowest BCUT2D eigenvalue weighted by Gasteiger charge is -2.26. The lowest BCUT2D eigenvalue weighted by atomic mass is 10.1. The molecule has 0 radical (unpaired) electrons. The molecule has 2 aromatic heterocycles. The Balaban J connectivity index is 1.45. The molecule has 3 heterocycles. The molecule has 0 saturated carbocycles. The second-order valence-electron chi connectivity index (χ2n) is 10.7. The van der Waals surface area contributed by atoms with Crippen molar-refractivity contribution in [2.24, 2.45) is 0 Å². The van der Waals surface area contributed by atoms with Gasteiger partial charge in [-0.25, -0.2) is 14.8 Å². The predicted octanol–water partition coefficient (Wildman–Crippen LogP) is 5.46. The van der Waals surface area contributed by atoms with Crippen molar-refractivity contribution >= 4 is 34.8 Å². The van der Waals surface area contributed by atoms with Crippen LogP contribution in [-0.2, 0) is 16.1 Å². The molecule has 0 saturated heterocycles. The first-order chi connectivity index (χ1) is 18.5. The van der Waals surface area contributed by atoms with Gasteiger partial charge in [0.1, 0.15) is 22.8 Å². The summed E-state index contributed by atoms with van der Waals surface area (Å²) in [7, 11) is 3.68. The maximum absolute atomic E-state index is 13.5. The van der Waals surface area contributed by atoms with E-state index >= 15 is 0 Å². The molecule has 2 amide bonds. The second kappa shape index (κ2) is 12.1. The molecule has 208 valence electrons. The van der Waals surface area contributed by atoms with Gasteiger partial charge >= 0.3 is 6.09 Å². The zero-order chi connectivity index (χ0) is 28.2. The molecule has 9 nitrogen and oxygen atoms in total. The maximum Gasteiger partial charge on any atom is 0.410 e. The number of ether oxygens (including phenoxy) is 2. The minimum Gasteiger partial charge on any atom is -0.444 e. The molecule has 0 N–H and O–H groups in total. The van der Waals surface area contributed by atoms with Crippen molar-refractivity contribution in [1.29, 1.82) is 0 Å². The van der Waals surface area contributed by atoms with Crippen LogP contribution in [-0.4, -0.2) is 66.2 Å². The van der Waals surface area contributed by atoms with E-state index in [1.54, 1.807) is 34.4 Å². The Kier molecular flexibility index (Phi) is 8.87. The molecular weight excluding hydrogens is 514 g/mol. The summed E-state index contributed by atoms with van der Waals surface area (Å²) in [5, 5.41) is 2.02. The number of aryl methyl sites for hydroxylation is 1. The van der Waals surface area contributed by atoms with Crippen LogP contribution >= 0.6 is 11.3 Å². The quantitative estimate of drug-likeness (QED) is 0.367. The number of rotatable bonds is 8. The van der Waals surface area contributed by atoms with Crippen molar-refractivity contribution in [1.82, 2.24) is 14.9 Å². The summed E-state index contributed by atoms with van der Waals surface area (Å²) in [4.78, 5) is 41.1. The molecule has 1 aliphatic rings. The van der Waals surface area contributed by atoms with Crippen molar-refractivity contribution in [3.63, 3.8) is 0 Å². The number of carbonyl (C=O) groups excluding carboxylic acids is 2. The molecular formula is C29H37N5O4S. The number of carbonyl (C=O) groups is 2. The monoisotopic (exact) mass is 551 g/mol. The Bertz CT molecular complexity index is 1290. The highest BCUT2D eigenvalue weighted by Crippen LogP contribution is 2.29. The van der Waals surface area contributed by atoms with Crippen molar-refractivity contribution in [3.8, 4) is 0 Å². The highest BCUT2D eigenvalue weighted by atomic mass is 32.1. The summed E-state index contributed by atoms with van der Waals surface area (Å²) < 4.78 is 11.9. The summed E-state index contributed by atoms with van der Waals surface area (Å²) in [6.07, 6.45) is 1.71. The van der Waals surface area contributed by atoms with E-state index in [-0.39, 0.29) is 18.1 Å². The smallest absolute Gasteiger partial charge is 0.410 e. The van der Waals surface area contributed by atoms with Crippen LogP contribution in [0, 0.1) is 6.92 Å². The zero-order valence-electron chi connectivity index (χ0n) is 23.5. The maximum atomic E-state index is 13.5. The van der Waals surface area contributed by atoms with E-state index in [1.807, 2.05) is 81.4 Å². The molecule has 0 bridgehead atoms. The van der Waals surface area contributed by atoms with Gasteiger partial charge in [-0.3, -0.25) is 4.79 Å². The number of anilines is 2. The van der Waals surface area contributed by atoms with Gasteiger partial charge in [0.2, 0.25) is 0 Å². The number of nitrogens with zero attached hydrogens (tertiary/aromatic N) is 5. The molecule has 1 aliphatic heterocycles. The van der Waals surface area contributed by atoms with Gasteiger partial charge in [-0.15, -0.1) is 11.3 Å². The van der Waals surface area contributed by atoms with Crippen LogP contribution in [0.4, 0.5) is 16.3 Å². The fourth-order valence-electron chi connectivity index (χ4n) is 4.28. The van der Waals surface area contributed by atoms with Crippen LogP contribution in [0.15, 0.2) is 48.0 Å². The van der Waals surface area contributed by atoms with E-state index in [4.69, 9.17) is 9.47 Å². The molecule has 1 atom stereocenters. The Labute approximate surface area is 234 Å². The average molecular weight is 552 g/mol. The molecule has 4 rings (SSSR count). The number of hydrogen-bond donors (Lipinski definition) is 0. The van der Waals surface area contributed by atoms with Gasteiger partial charge in [-0.05, 0) is 63.3 Å². The fourth-order valence-corrected chi connectivity index (χ4v) is 5.09. The normalized spacial score (nSPS) is 14.6. The van der Waals surface area contributed by atoms with Gasteiger partial charge < -0.3 is 24.2 Å². The van der Waals surface area contributed by atoms with Crippen molar-refractivity contribution in [2.45, 2.75) is 52.4 Å². The van der Waals surface area contributed by atoms with Gasteiger partial charge in [0, 0.05) is 50.5 Å². The van der Waals surface area contributed by atoms with E-state index in [2.05, 4.69) is 9.97 Å². The topological polar surface area (TPSA) is 88.1 Å². The standard InChI is InChI=1S/C29H37N5O4S/c1-20-30-18-23-26(31-20)32(5)14-15-34(27(23)35)22-10-7-9-21(17-22)19-37-24(25-11-8-16-39-25)12-13-33(6)28(36)38-29(2,3)4/h7-11,16-18,24H,12-15,19H2,1-6H3. The summed E-state index contributed by atoms with van der Waals surface area (Å²) in [6.45, 7) is 9.44. The molecule has 39 heavy (non-hydrogen) atoms. The van der Waals surface area contributed by atoms with Crippen molar-refractivity contribution in [3.05, 3.63) is 69.8 Å². The first kappa shape index (κ1) is 28.5. The Morgan fingerprint density at radius 3 is 2.72 bits per heavy atom. The average Bonchev–Trinajstić information content (AvgIpc) is 3.38. The number of likely N-dealkylation sites (N-methyl/N-ethyl adjacent to an activating group) is 1. The van der Waals surface area contributed by atoms with E-state index in [0.29, 0.717) is 49.9 Å². The van der Waals surface area contributed by atoms with E-state index in [9.17, 15) is 9.59 Å². The Morgan fingerprint density at radius 1 is 1.21 bits per heavy atom. The van der Waals surface area contributed by atoms with Gasteiger partial charge in [0.05, 0.1) is 12.7 Å². The van der Waals surface area contributed by atoms with Crippen LogP contribution in [0.1, 0.15) is 59.9 Å². The lowest BCUT2D eigenvalue weighted by molar-refractivity contribution is 0.0148. The van der Waals surface area contributed by atoms with Crippen molar-refractivity contribution < 1.29 is 19.1 Å². The van der Waals surface area contributed by atoms with Gasteiger partial charge in [0.15, 0.2) is 0 Å². The van der Waals surface area contributed by atoms with Gasteiger partial charge in [-0.1, -0.05) is 18.2 Å². The molecule has 1 aromatic carbocycles. The number of amides is 2. The zero-order valence-corrected chi connectivity index (χ0v) is 24.3. The molecule has 10 heteroatoms. The molecule has 0 aliphatic carbocycles. The molecule has 1 unspecified atom stereocenters. The predicted molar refractivity (Wildman–Crippen MR) is 153 cm³/mol. The molecule has 0 fully saturated rings. The van der Waals surface area contributed by atoms with Crippen LogP contribution in [0.25, 0.3) is 0 Å². The third-order valence-corrected chi connectivity index (χ3v) is 7.32. The minimum absolute atomic E-state index is 0.117. The molecule has 3 aromatic rings. The van der Waals surface area contributed by atoms with Crippen LogP contribution in [0.3, 0.4) is 0 Å². The Morgan fingerprint density at radius 2 is 2.00 bits per heavy atom. The van der Waals surface area contributed by atoms with Crippen LogP contribution in [0.5, 0.6) is 0 Å². The third-order valence-electron chi connectivity index (χ3n) is 6.35. The lowest BCUT2D eigenvalue weighted by Crippen LogP contribution is -2.35. The first-order valence-electron chi connectivity index (χ1n) is 13.1. The summed E-state index contributed by atoms with van der Waals surface area (Å²) >= 11 is 1.63. The Hall–Kier alpha value is -3.50. The number of hydrogen-bond acceptors (Lipinski definition) is 8. The number of thiophene rings is 1. The van der Waals surface area contributed by atoms with Gasteiger partial charge in [0.25, 0.3) is 5.91 Å². The number of benzene rings is 1. The molecule has 0 spiro atoms. The minimum atomic E-state index is -0.543. The second-order valence-corrected chi connectivity index (χ2v) is 11.7. The summed E-state index contributed by atoms with van der Waals surface area (Å²) in [6, 6.07) is 11.9. The first-order valence-corrected chi connectivity index (χ1v) is 13.9. The van der Waals surface area contributed by atoms with E-state index in [0.717, 1.165) is 16.1 Å². The van der Waals surface area contributed by atoms with E-state index < -0.39 is 5.60 Å². The van der Waals surface area contributed by atoms with Crippen LogP contribution in [0.2, 0.25) is 0 Å². The third kappa shape index (κ3) is 7.33. The largest absolute Gasteiger partial charge is 0.444 e. The number of fused-ring (bicyclic) bond motifs is 1. The SMILES string of the molecule is Cc1ncc2c(n1)N(C)CCN(c1cccc(COC(CCN(C)C(=O)OC(C)(C)C)c3cccs3)c1)C2=O.